The highest BCUT2D eigenvalue weighted by atomic mass is 35.5. The van der Waals surface area contributed by atoms with Gasteiger partial charge >= 0.3 is 0 Å². The third-order valence-corrected chi connectivity index (χ3v) is 6.06. The minimum atomic E-state index is -3.63. The van der Waals surface area contributed by atoms with E-state index in [-0.39, 0.29) is 16.5 Å². The molecular formula is C13H20Cl2N2O2S2. The summed E-state index contributed by atoms with van der Waals surface area (Å²) in [5.74, 6) is 1.09. The molecule has 0 saturated carbocycles. The van der Waals surface area contributed by atoms with Crippen LogP contribution >= 0.6 is 35.0 Å². The summed E-state index contributed by atoms with van der Waals surface area (Å²) >= 11 is 13.8. The van der Waals surface area contributed by atoms with Crippen LogP contribution in [0.1, 0.15) is 24.8 Å². The van der Waals surface area contributed by atoms with Gasteiger partial charge in [-0.1, -0.05) is 29.6 Å². The van der Waals surface area contributed by atoms with Crippen LogP contribution in [0.15, 0.2) is 17.0 Å². The minimum absolute atomic E-state index is 0.0260. The van der Waals surface area contributed by atoms with E-state index in [1.165, 1.54) is 12.1 Å². The van der Waals surface area contributed by atoms with Gasteiger partial charge in [-0.05, 0) is 37.0 Å². The average molecular weight is 371 g/mol. The van der Waals surface area contributed by atoms with E-state index in [0.717, 1.165) is 25.0 Å². The van der Waals surface area contributed by atoms with Crippen molar-refractivity contribution in [3.63, 3.8) is 0 Å². The second-order valence-electron chi connectivity index (χ2n) is 4.49. The van der Waals surface area contributed by atoms with Gasteiger partial charge in [-0.2, -0.15) is 11.8 Å². The van der Waals surface area contributed by atoms with Crippen LogP contribution in [-0.4, -0.2) is 27.0 Å². The highest BCUT2D eigenvalue weighted by molar-refractivity contribution is 7.98. The van der Waals surface area contributed by atoms with Crippen LogP contribution in [0.3, 0.4) is 0 Å². The molecule has 4 nitrogen and oxygen atoms in total. The van der Waals surface area contributed by atoms with Crippen molar-refractivity contribution in [1.29, 1.82) is 0 Å². The molecule has 0 atom stereocenters. The molecule has 0 aromatic heterocycles. The van der Waals surface area contributed by atoms with E-state index in [9.17, 15) is 8.42 Å². The molecule has 8 heteroatoms. The molecule has 0 heterocycles. The Morgan fingerprint density at radius 3 is 2.57 bits per heavy atom. The van der Waals surface area contributed by atoms with Crippen molar-refractivity contribution in [2.45, 2.75) is 30.7 Å². The van der Waals surface area contributed by atoms with Crippen molar-refractivity contribution < 1.29 is 8.42 Å². The molecule has 0 bridgehead atoms. The summed E-state index contributed by atoms with van der Waals surface area (Å²) in [6, 6.07) is 2.91. The average Bonchev–Trinajstić information content (AvgIpc) is 2.43. The molecule has 120 valence electrons. The first-order chi connectivity index (χ1) is 9.94. The summed E-state index contributed by atoms with van der Waals surface area (Å²) in [7, 11) is -3.63. The summed E-state index contributed by atoms with van der Waals surface area (Å²) in [6.45, 7) is 0.489. The van der Waals surface area contributed by atoms with Crippen molar-refractivity contribution in [2.75, 3.05) is 18.6 Å². The highest BCUT2D eigenvalue weighted by Gasteiger charge is 2.20. The molecule has 0 aliphatic carbocycles. The second-order valence-corrected chi connectivity index (χ2v) is 8.00. The van der Waals surface area contributed by atoms with E-state index < -0.39 is 10.0 Å². The number of sulfonamides is 1. The molecule has 0 aliphatic heterocycles. The van der Waals surface area contributed by atoms with Crippen LogP contribution in [0.2, 0.25) is 10.0 Å². The predicted molar refractivity (Wildman–Crippen MR) is 91.8 cm³/mol. The number of hydrogen-bond acceptors (Lipinski definition) is 4. The normalized spacial score (nSPS) is 11.8. The highest BCUT2D eigenvalue weighted by Crippen LogP contribution is 2.30. The van der Waals surface area contributed by atoms with Gasteiger partial charge in [-0.3, -0.25) is 0 Å². The van der Waals surface area contributed by atoms with E-state index in [2.05, 4.69) is 11.0 Å². The zero-order valence-electron chi connectivity index (χ0n) is 11.9. The van der Waals surface area contributed by atoms with Gasteiger partial charge in [0.25, 0.3) is 0 Å². The largest absolute Gasteiger partial charge is 0.326 e. The lowest BCUT2D eigenvalue weighted by Crippen LogP contribution is -2.25. The van der Waals surface area contributed by atoms with Crippen molar-refractivity contribution >= 4 is 45.0 Å². The van der Waals surface area contributed by atoms with E-state index in [4.69, 9.17) is 28.9 Å². The Bertz CT molecular complexity index is 566. The summed E-state index contributed by atoms with van der Waals surface area (Å²) in [5, 5.41) is 0.471. The third kappa shape index (κ3) is 5.62. The Kier molecular flexibility index (Phi) is 8.38. The zero-order chi connectivity index (χ0) is 15.9. The molecule has 0 fully saturated rings. The van der Waals surface area contributed by atoms with Crippen molar-refractivity contribution in [3.8, 4) is 0 Å². The number of rotatable bonds is 9. The molecular weight excluding hydrogens is 351 g/mol. The first kappa shape index (κ1) is 19.1. The summed E-state index contributed by atoms with van der Waals surface area (Å²) in [5.41, 5.74) is 5.99. The Labute approximate surface area is 140 Å². The van der Waals surface area contributed by atoms with Crippen LogP contribution in [-0.2, 0) is 16.6 Å². The van der Waals surface area contributed by atoms with Crippen LogP contribution < -0.4 is 10.5 Å². The van der Waals surface area contributed by atoms with Crippen LogP contribution in [0, 0.1) is 0 Å². The number of halogens is 2. The molecule has 1 aromatic carbocycles. The smallest absolute Gasteiger partial charge is 0.242 e. The van der Waals surface area contributed by atoms with Crippen molar-refractivity contribution in [1.82, 2.24) is 4.72 Å². The summed E-state index contributed by atoms with van der Waals surface area (Å²) in [6.07, 6.45) is 4.93. The maximum absolute atomic E-state index is 12.2. The number of unbranched alkanes of at least 4 members (excludes halogenated alkanes) is 2. The Hall–Kier alpha value is 0.0200. The second kappa shape index (κ2) is 9.22. The fraction of sp³-hybridized carbons (Fsp3) is 0.538. The monoisotopic (exact) mass is 370 g/mol. The Morgan fingerprint density at radius 1 is 1.24 bits per heavy atom. The van der Waals surface area contributed by atoms with Crippen LogP contribution in [0.5, 0.6) is 0 Å². The van der Waals surface area contributed by atoms with Crippen molar-refractivity contribution in [2.24, 2.45) is 5.73 Å². The fourth-order valence-electron chi connectivity index (χ4n) is 1.80. The Balaban J connectivity index is 2.71. The first-order valence-electron chi connectivity index (χ1n) is 6.59. The molecule has 1 rings (SSSR count). The van der Waals surface area contributed by atoms with Gasteiger partial charge in [0.15, 0.2) is 0 Å². The van der Waals surface area contributed by atoms with Crippen LogP contribution in [0.4, 0.5) is 0 Å². The van der Waals surface area contributed by atoms with E-state index in [1.807, 2.05) is 0 Å². The summed E-state index contributed by atoms with van der Waals surface area (Å²) in [4.78, 5) is 0.0260. The van der Waals surface area contributed by atoms with Gasteiger partial charge < -0.3 is 5.73 Å². The Morgan fingerprint density at radius 2 is 1.95 bits per heavy atom. The van der Waals surface area contributed by atoms with Gasteiger partial charge in [-0.15, -0.1) is 0 Å². The number of benzene rings is 1. The number of nitrogens with two attached hydrogens (primary N) is 1. The molecule has 0 unspecified atom stereocenters. The lowest BCUT2D eigenvalue weighted by molar-refractivity contribution is 0.576. The maximum Gasteiger partial charge on any atom is 0.242 e. The number of nitrogens with one attached hydrogen (secondary N) is 1. The third-order valence-electron chi connectivity index (χ3n) is 2.96. The van der Waals surface area contributed by atoms with Gasteiger partial charge in [-0.25, -0.2) is 13.1 Å². The predicted octanol–water partition coefficient (Wildman–Crippen LogP) is 3.26. The van der Waals surface area contributed by atoms with E-state index >= 15 is 0 Å². The van der Waals surface area contributed by atoms with Gasteiger partial charge in [0.1, 0.15) is 4.90 Å². The number of thioether (sulfide) groups is 1. The topological polar surface area (TPSA) is 72.2 Å². The molecule has 0 saturated heterocycles. The van der Waals surface area contributed by atoms with E-state index in [1.54, 1.807) is 11.8 Å². The standard InChI is InChI=1S/C13H20Cl2N2O2S2/c1-20-8-4-2-3-7-17-21(18,19)12-6-5-11(14)10(9-16)13(12)15/h5-6,17H,2-4,7-9,16H2,1H3. The number of hydrogen-bond donors (Lipinski definition) is 2. The minimum Gasteiger partial charge on any atom is -0.326 e. The maximum atomic E-state index is 12.2. The van der Waals surface area contributed by atoms with Crippen LogP contribution in [0.25, 0.3) is 0 Å². The van der Waals surface area contributed by atoms with Gasteiger partial charge in [0.05, 0.1) is 5.02 Å². The first-order valence-corrected chi connectivity index (χ1v) is 10.2. The molecule has 0 aliphatic rings. The zero-order valence-corrected chi connectivity index (χ0v) is 15.0. The van der Waals surface area contributed by atoms with E-state index in [0.29, 0.717) is 17.1 Å². The summed E-state index contributed by atoms with van der Waals surface area (Å²) < 4.78 is 27.0. The lowest BCUT2D eigenvalue weighted by Gasteiger charge is -2.12. The lowest BCUT2D eigenvalue weighted by atomic mass is 10.2. The van der Waals surface area contributed by atoms with Gasteiger partial charge in [0.2, 0.25) is 10.0 Å². The molecule has 0 spiro atoms. The molecule has 3 N–H and O–H groups in total. The molecule has 0 amide bonds. The molecule has 0 radical (unpaired) electrons. The molecule has 21 heavy (non-hydrogen) atoms. The van der Waals surface area contributed by atoms with Gasteiger partial charge in [0, 0.05) is 23.7 Å². The SMILES string of the molecule is CSCCCCCNS(=O)(=O)c1ccc(Cl)c(CN)c1Cl. The fourth-order valence-corrected chi connectivity index (χ4v) is 4.30. The quantitative estimate of drug-likeness (QED) is 0.654. The van der Waals surface area contributed by atoms with Crippen molar-refractivity contribution in [3.05, 3.63) is 27.7 Å². The molecule has 1 aromatic rings.